The summed E-state index contributed by atoms with van der Waals surface area (Å²) in [5, 5.41) is 3.25. The van der Waals surface area contributed by atoms with Gasteiger partial charge >= 0.3 is 5.97 Å². The van der Waals surface area contributed by atoms with Gasteiger partial charge in [-0.3, -0.25) is 4.79 Å². The minimum atomic E-state index is -0.105. The van der Waals surface area contributed by atoms with Crippen LogP contribution in [0.25, 0.3) is 0 Å². The molecule has 1 N–H and O–H groups in total. The lowest BCUT2D eigenvalue weighted by atomic mass is 10.2. The Labute approximate surface area is 73.5 Å². The number of carbonyl (C=O) groups excluding carboxylic acids is 1. The Morgan fingerprint density at radius 3 is 2.67 bits per heavy atom. The van der Waals surface area contributed by atoms with Gasteiger partial charge in [0, 0.05) is 6.04 Å². The first-order chi connectivity index (χ1) is 5.77. The molecule has 0 aromatic heterocycles. The van der Waals surface area contributed by atoms with Gasteiger partial charge in [0.1, 0.15) is 6.04 Å². The van der Waals surface area contributed by atoms with E-state index in [9.17, 15) is 4.79 Å². The monoisotopic (exact) mass is 171 g/mol. The molecule has 0 bridgehead atoms. The molecule has 0 heterocycles. The number of rotatable bonds is 5. The predicted octanol–water partition coefficient (Wildman–Crippen LogP) is 1.08. The zero-order valence-electron chi connectivity index (χ0n) is 7.80. The first-order valence-corrected chi connectivity index (χ1v) is 4.70. The maximum absolute atomic E-state index is 11.3. The van der Waals surface area contributed by atoms with Gasteiger partial charge in [-0.05, 0) is 26.2 Å². The van der Waals surface area contributed by atoms with Crippen molar-refractivity contribution in [1.82, 2.24) is 5.32 Å². The molecule has 3 heteroatoms. The highest BCUT2D eigenvalue weighted by Crippen LogP contribution is 2.20. The average Bonchev–Trinajstić information content (AvgIpc) is 2.84. The van der Waals surface area contributed by atoms with Crippen LogP contribution in [0.4, 0.5) is 0 Å². The van der Waals surface area contributed by atoms with Crippen LogP contribution in [0.3, 0.4) is 0 Å². The van der Waals surface area contributed by atoms with E-state index in [0.717, 1.165) is 6.42 Å². The third-order valence-corrected chi connectivity index (χ3v) is 1.99. The Hall–Kier alpha value is -0.570. The molecule has 0 saturated heterocycles. The zero-order valence-corrected chi connectivity index (χ0v) is 7.80. The van der Waals surface area contributed by atoms with Crippen LogP contribution in [-0.4, -0.2) is 24.7 Å². The second-order valence-electron chi connectivity index (χ2n) is 3.15. The van der Waals surface area contributed by atoms with Gasteiger partial charge in [0.25, 0.3) is 0 Å². The second kappa shape index (κ2) is 4.45. The molecule has 0 spiro atoms. The molecule has 1 aliphatic rings. The molecule has 0 radical (unpaired) electrons. The Morgan fingerprint density at radius 2 is 2.25 bits per heavy atom. The molecule has 0 aromatic carbocycles. The highest BCUT2D eigenvalue weighted by Gasteiger charge is 2.27. The van der Waals surface area contributed by atoms with Crippen molar-refractivity contribution in [2.24, 2.45) is 0 Å². The smallest absolute Gasteiger partial charge is 0.323 e. The third kappa shape index (κ3) is 2.81. The standard InChI is InChI=1S/C9H17NO2/c1-3-8(9(11)12-4-2)10-7-5-6-7/h7-8,10H,3-6H2,1-2H3. The molecule has 1 saturated carbocycles. The molecule has 0 aromatic rings. The fraction of sp³-hybridized carbons (Fsp3) is 0.889. The number of nitrogens with one attached hydrogen (secondary N) is 1. The normalized spacial score (nSPS) is 18.8. The molecule has 0 amide bonds. The molecule has 3 nitrogen and oxygen atoms in total. The summed E-state index contributed by atoms with van der Waals surface area (Å²) in [6, 6.07) is 0.483. The van der Waals surface area contributed by atoms with Crippen LogP contribution in [0, 0.1) is 0 Å². The van der Waals surface area contributed by atoms with Gasteiger partial charge in [-0.25, -0.2) is 0 Å². The third-order valence-electron chi connectivity index (χ3n) is 1.99. The van der Waals surface area contributed by atoms with Crippen LogP contribution in [0.1, 0.15) is 33.1 Å². The second-order valence-corrected chi connectivity index (χ2v) is 3.15. The lowest BCUT2D eigenvalue weighted by molar-refractivity contribution is -0.145. The van der Waals surface area contributed by atoms with E-state index in [1.54, 1.807) is 0 Å². The Morgan fingerprint density at radius 1 is 1.58 bits per heavy atom. The summed E-state index contributed by atoms with van der Waals surface area (Å²) >= 11 is 0. The van der Waals surface area contributed by atoms with Crippen molar-refractivity contribution in [3.63, 3.8) is 0 Å². The fourth-order valence-corrected chi connectivity index (χ4v) is 1.13. The van der Waals surface area contributed by atoms with E-state index in [0.29, 0.717) is 12.6 Å². The molecule has 0 aliphatic heterocycles. The average molecular weight is 171 g/mol. The van der Waals surface area contributed by atoms with Crippen molar-refractivity contribution < 1.29 is 9.53 Å². The summed E-state index contributed by atoms with van der Waals surface area (Å²) in [5.41, 5.74) is 0. The first kappa shape index (κ1) is 9.52. The lowest BCUT2D eigenvalue weighted by Gasteiger charge is -2.14. The van der Waals surface area contributed by atoms with Gasteiger partial charge in [-0.15, -0.1) is 0 Å². The van der Waals surface area contributed by atoms with E-state index < -0.39 is 0 Å². The SMILES string of the molecule is CCOC(=O)C(CC)NC1CC1. The van der Waals surface area contributed by atoms with Crippen molar-refractivity contribution in [3.05, 3.63) is 0 Å². The summed E-state index contributed by atoms with van der Waals surface area (Å²) < 4.78 is 4.92. The number of hydrogen-bond acceptors (Lipinski definition) is 3. The van der Waals surface area contributed by atoms with Gasteiger partial charge in [-0.2, -0.15) is 0 Å². The summed E-state index contributed by atoms with van der Waals surface area (Å²) in [5.74, 6) is -0.105. The highest BCUT2D eigenvalue weighted by atomic mass is 16.5. The summed E-state index contributed by atoms with van der Waals surface area (Å²) in [6.45, 7) is 4.31. The van der Waals surface area contributed by atoms with Crippen molar-refractivity contribution in [1.29, 1.82) is 0 Å². The zero-order chi connectivity index (χ0) is 8.97. The topological polar surface area (TPSA) is 38.3 Å². The maximum atomic E-state index is 11.3. The summed E-state index contributed by atoms with van der Waals surface area (Å²) in [6.07, 6.45) is 3.22. The van der Waals surface area contributed by atoms with Crippen molar-refractivity contribution in [3.8, 4) is 0 Å². The number of ether oxygens (including phenoxy) is 1. The lowest BCUT2D eigenvalue weighted by Crippen LogP contribution is -2.38. The number of carbonyl (C=O) groups is 1. The summed E-state index contributed by atoms with van der Waals surface area (Å²) in [7, 11) is 0. The molecule has 1 aliphatic carbocycles. The molecule has 70 valence electrons. The highest BCUT2D eigenvalue weighted by molar-refractivity contribution is 5.75. The van der Waals surface area contributed by atoms with Gasteiger partial charge in [-0.1, -0.05) is 6.92 Å². The summed E-state index contributed by atoms with van der Waals surface area (Å²) in [4.78, 5) is 11.3. The van der Waals surface area contributed by atoms with Gasteiger partial charge in [0.05, 0.1) is 6.61 Å². The molecular weight excluding hydrogens is 154 g/mol. The van der Waals surface area contributed by atoms with Crippen molar-refractivity contribution in [2.75, 3.05) is 6.61 Å². The minimum Gasteiger partial charge on any atom is -0.465 e. The van der Waals surface area contributed by atoms with Crippen LogP contribution in [-0.2, 0) is 9.53 Å². The van der Waals surface area contributed by atoms with E-state index in [4.69, 9.17) is 4.74 Å². The Kier molecular flexibility index (Phi) is 3.53. The maximum Gasteiger partial charge on any atom is 0.323 e. The van der Waals surface area contributed by atoms with Gasteiger partial charge in [0.2, 0.25) is 0 Å². The number of hydrogen-bond donors (Lipinski definition) is 1. The molecule has 1 unspecified atom stereocenters. The van der Waals surface area contributed by atoms with Gasteiger partial charge < -0.3 is 10.1 Å². The Bertz CT molecular complexity index is 155. The van der Waals surface area contributed by atoms with E-state index in [2.05, 4.69) is 5.32 Å². The van der Waals surface area contributed by atoms with E-state index >= 15 is 0 Å². The fourth-order valence-electron chi connectivity index (χ4n) is 1.13. The van der Waals surface area contributed by atoms with Crippen LogP contribution in [0.5, 0.6) is 0 Å². The Balaban J connectivity index is 2.26. The first-order valence-electron chi connectivity index (χ1n) is 4.70. The largest absolute Gasteiger partial charge is 0.465 e. The molecule has 1 rings (SSSR count). The van der Waals surface area contributed by atoms with Crippen molar-refractivity contribution >= 4 is 5.97 Å². The van der Waals surface area contributed by atoms with E-state index in [1.165, 1.54) is 12.8 Å². The molecule has 12 heavy (non-hydrogen) atoms. The van der Waals surface area contributed by atoms with Crippen LogP contribution >= 0.6 is 0 Å². The van der Waals surface area contributed by atoms with Gasteiger partial charge in [0.15, 0.2) is 0 Å². The van der Waals surface area contributed by atoms with Crippen LogP contribution in [0.15, 0.2) is 0 Å². The molecule has 1 fully saturated rings. The van der Waals surface area contributed by atoms with Crippen LogP contribution < -0.4 is 5.32 Å². The van der Waals surface area contributed by atoms with Crippen molar-refractivity contribution in [2.45, 2.75) is 45.2 Å². The van der Waals surface area contributed by atoms with Crippen LogP contribution in [0.2, 0.25) is 0 Å². The molecular formula is C9H17NO2. The minimum absolute atomic E-state index is 0.0857. The number of esters is 1. The predicted molar refractivity (Wildman–Crippen MR) is 46.9 cm³/mol. The quantitative estimate of drug-likeness (QED) is 0.629. The van der Waals surface area contributed by atoms with E-state index in [1.807, 2.05) is 13.8 Å². The molecule has 1 atom stereocenters. The van der Waals surface area contributed by atoms with E-state index in [-0.39, 0.29) is 12.0 Å².